The lowest BCUT2D eigenvalue weighted by molar-refractivity contribution is -0.385. The Morgan fingerprint density at radius 2 is 1.97 bits per heavy atom. The molecule has 4 rings (SSSR count). The number of hydrogen-bond acceptors (Lipinski definition) is 6. The number of furan rings is 1. The van der Waals surface area contributed by atoms with Gasteiger partial charge in [-0.05, 0) is 29.0 Å². The number of phenols is 1. The minimum absolute atomic E-state index is 0.0675. The van der Waals surface area contributed by atoms with Gasteiger partial charge in [-0.3, -0.25) is 14.9 Å². The third-order valence-corrected chi connectivity index (χ3v) is 4.76. The van der Waals surface area contributed by atoms with E-state index >= 15 is 0 Å². The van der Waals surface area contributed by atoms with Crippen molar-refractivity contribution in [2.75, 3.05) is 0 Å². The normalized spacial score (nSPS) is 11.3. The second-order valence-electron chi connectivity index (χ2n) is 6.13. The summed E-state index contributed by atoms with van der Waals surface area (Å²) in [4.78, 5) is 22.6. The van der Waals surface area contributed by atoms with Crippen molar-refractivity contribution in [2.45, 2.75) is 0 Å². The number of aromatic hydroxyl groups is 1. The molecule has 9 heteroatoms. The topological polar surface area (TPSA) is 118 Å². The molecule has 2 N–H and O–H groups in total. The highest BCUT2D eigenvalue weighted by molar-refractivity contribution is 9.10. The van der Waals surface area contributed by atoms with Gasteiger partial charge in [-0.1, -0.05) is 46.3 Å². The summed E-state index contributed by atoms with van der Waals surface area (Å²) in [5, 5.41) is 27.5. The largest absolute Gasteiger partial charge is 0.502 e. The zero-order valence-corrected chi connectivity index (χ0v) is 16.2. The fraction of sp³-hybridized carbons (Fsp3) is 0. The number of fused-ring (bicyclic) bond motifs is 3. The van der Waals surface area contributed by atoms with Crippen molar-refractivity contribution < 1.29 is 19.2 Å². The van der Waals surface area contributed by atoms with Gasteiger partial charge in [0.1, 0.15) is 5.58 Å². The number of rotatable bonds is 4. The molecule has 8 nitrogen and oxygen atoms in total. The van der Waals surface area contributed by atoms with Crippen LogP contribution in [0.25, 0.3) is 21.7 Å². The average Bonchev–Trinajstić information content (AvgIpc) is 3.15. The third-order valence-electron chi connectivity index (χ3n) is 4.30. The minimum atomic E-state index is -0.714. The molecular weight excluding hydrogens is 442 g/mol. The van der Waals surface area contributed by atoms with E-state index in [1.54, 1.807) is 12.1 Å². The molecule has 0 aliphatic carbocycles. The molecule has 144 valence electrons. The first kappa shape index (κ1) is 18.6. The van der Waals surface area contributed by atoms with Crippen molar-refractivity contribution in [3.05, 3.63) is 80.5 Å². The molecule has 0 aliphatic rings. The van der Waals surface area contributed by atoms with Gasteiger partial charge in [-0.15, -0.1) is 0 Å². The van der Waals surface area contributed by atoms with Crippen LogP contribution >= 0.6 is 15.9 Å². The lowest BCUT2D eigenvalue weighted by Crippen LogP contribution is -2.16. The number of hydrazone groups is 1. The number of phenolic OH excluding ortho intramolecular Hbond substituents is 1. The number of nitro groups is 1. The van der Waals surface area contributed by atoms with Crippen molar-refractivity contribution in [3.8, 4) is 5.75 Å². The maximum absolute atomic E-state index is 12.4. The average molecular weight is 454 g/mol. The van der Waals surface area contributed by atoms with Gasteiger partial charge in [0, 0.05) is 21.5 Å². The molecule has 3 aromatic carbocycles. The van der Waals surface area contributed by atoms with Crippen LogP contribution in [0.1, 0.15) is 16.1 Å². The van der Waals surface area contributed by atoms with E-state index in [9.17, 15) is 20.0 Å². The lowest BCUT2D eigenvalue weighted by atomic mass is 10.1. The van der Waals surface area contributed by atoms with Crippen molar-refractivity contribution >= 4 is 55.5 Å². The van der Waals surface area contributed by atoms with Crippen molar-refractivity contribution in [3.63, 3.8) is 0 Å². The van der Waals surface area contributed by atoms with Gasteiger partial charge in [-0.2, -0.15) is 5.10 Å². The van der Waals surface area contributed by atoms with Crippen LogP contribution in [0, 0.1) is 10.1 Å². The highest BCUT2D eigenvalue weighted by atomic mass is 79.9. The molecule has 0 fully saturated rings. The van der Waals surface area contributed by atoms with Crippen LogP contribution in [0.5, 0.6) is 5.75 Å². The first-order valence-electron chi connectivity index (χ1n) is 8.35. The molecule has 0 unspecified atom stereocenters. The minimum Gasteiger partial charge on any atom is -0.502 e. The fourth-order valence-electron chi connectivity index (χ4n) is 2.96. The van der Waals surface area contributed by atoms with E-state index in [1.165, 1.54) is 12.1 Å². The molecule has 0 saturated carbocycles. The molecule has 4 aromatic rings. The quantitative estimate of drug-likeness (QED) is 0.263. The first-order chi connectivity index (χ1) is 13.9. The third kappa shape index (κ3) is 3.55. The molecule has 1 amide bonds. The van der Waals surface area contributed by atoms with E-state index in [4.69, 9.17) is 4.42 Å². The molecule has 0 atom stereocenters. The number of hydrogen-bond donors (Lipinski definition) is 2. The summed E-state index contributed by atoms with van der Waals surface area (Å²) in [6, 6.07) is 15.7. The smallest absolute Gasteiger partial charge is 0.312 e. The number of carbonyl (C=O) groups is 1. The van der Waals surface area contributed by atoms with Gasteiger partial charge in [-0.25, -0.2) is 5.43 Å². The highest BCUT2D eigenvalue weighted by Crippen LogP contribution is 2.32. The van der Waals surface area contributed by atoms with E-state index < -0.39 is 22.3 Å². The predicted octanol–water partition coefficient (Wildman–Crippen LogP) is 4.73. The number of carbonyl (C=O) groups excluding carboxylic acids is 1. The molecule has 0 saturated heterocycles. The Bertz CT molecular complexity index is 1310. The van der Waals surface area contributed by atoms with E-state index in [0.29, 0.717) is 10.1 Å². The van der Waals surface area contributed by atoms with Crippen LogP contribution in [-0.4, -0.2) is 22.2 Å². The number of nitro benzene ring substituents is 1. The zero-order chi connectivity index (χ0) is 20.5. The fourth-order valence-corrected chi connectivity index (χ4v) is 3.43. The summed E-state index contributed by atoms with van der Waals surface area (Å²) in [6.45, 7) is 0. The SMILES string of the molecule is O=C(N/N=C/c1cc(Br)cc([N+](=O)[O-])c1O)c1cc2c(ccc3ccccc32)o1. The van der Waals surface area contributed by atoms with Crippen LogP contribution in [0.15, 0.2) is 68.6 Å². The summed E-state index contributed by atoms with van der Waals surface area (Å²) >= 11 is 3.13. The van der Waals surface area contributed by atoms with Crippen molar-refractivity contribution in [1.82, 2.24) is 5.43 Å². The lowest BCUT2D eigenvalue weighted by Gasteiger charge is -2.01. The number of halogens is 1. The Balaban J connectivity index is 1.59. The Kier molecular flexibility index (Phi) is 4.73. The Hall–Kier alpha value is -3.72. The maximum atomic E-state index is 12.4. The van der Waals surface area contributed by atoms with E-state index in [2.05, 4.69) is 26.5 Å². The van der Waals surface area contributed by atoms with Gasteiger partial charge in [0.25, 0.3) is 0 Å². The maximum Gasteiger partial charge on any atom is 0.312 e. The molecule has 0 bridgehead atoms. The van der Waals surface area contributed by atoms with Crippen LogP contribution in [0.2, 0.25) is 0 Å². The highest BCUT2D eigenvalue weighted by Gasteiger charge is 2.18. The van der Waals surface area contributed by atoms with E-state index in [1.807, 2.05) is 30.3 Å². The molecule has 1 aromatic heterocycles. The van der Waals surface area contributed by atoms with Gasteiger partial charge in [0.05, 0.1) is 11.1 Å². The Morgan fingerprint density at radius 3 is 2.76 bits per heavy atom. The summed E-state index contributed by atoms with van der Waals surface area (Å²) in [5.74, 6) is -1.07. The number of nitrogens with one attached hydrogen (secondary N) is 1. The van der Waals surface area contributed by atoms with Crippen LogP contribution < -0.4 is 5.43 Å². The summed E-state index contributed by atoms with van der Waals surface area (Å²) in [6.07, 6.45) is 1.11. The van der Waals surface area contributed by atoms with Crippen LogP contribution in [-0.2, 0) is 0 Å². The van der Waals surface area contributed by atoms with Gasteiger partial charge in [0.2, 0.25) is 5.75 Å². The Labute approximate surface area is 171 Å². The van der Waals surface area contributed by atoms with Crippen LogP contribution in [0.3, 0.4) is 0 Å². The molecule has 1 heterocycles. The monoisotopic (exact) mass is 453 g/mol. The molecule has 0 aliphatic heterocycles. The molecule has 0 radical (unpaired) electrons. The van der Waals surface area contributed by atoms with Gasteiger partial charge in [0.15, 0.2) is 5.76 Å². The molecule has 0 spiro atoms. The van der Waals surface area contributed by atoms with Gasteiger partial charge >= 0.3 is 11.6 Å². The summed E-state index contributed by atoms with van der Waals surface area (Å²) in [5.41, 5.74) is 2.46. The zero-order valence-electron chi connectivity index (χ0n) is 14.6. The summed E-state index contributed by atoms with van der Waals surface area (Å²) < 4.78 is 5.99. The molecular formula is C20H12BrN3O5. The summed E-state index contributed by atoms with van der Waals surface area (Å²) in [7, 11) is 0. The number of nitrogens with zero attached hydrogens (tertiary/aromatic N) is 2. The van der Waals surface area contributed by atoms with Crippen molar-refractivity contribution in [2.24, 2.45) is 5.10 Å². The number of amides is 1. The van der Waals surface area contributed by atoms with E-state index in [0.717, 1.165) is 22.4 Å². The van der Waals surface area contributed by atoms with Crippen LogP contribution in [0.4, 0.5) is 5.69 Å². The Morgan fingerprint density at radius 1 is 1.17 bits per heavy atom. The van der Waals surface area contributed by atoms with Crippen molar-refractivity contribution in [1.29, 1.82) is 0 Å². The first-order valence-corrected chi connectivity index (χ1v) is 9.15. The number of benzene rings is 3. The predicted molar refractivity (Wildman–Crippen MR) is 111 cm³/mol. The van der Waals surface area contributed by atoms with Gasteiger partial charge < -0.3 is 9.52 Å². The molecule has 29 heavy (non-hydrogen) atoms. The second kappa shape index (κ2) is 7.36. The van der Waals surface area contributed by atoms with E-state index in [-0.39, 0.29) is 11.3 Å². The second-order valence-corrected chi connectivity index (χ2v) is 7.04. The standard InChI is InChI=1S/C20H12BrN3O5/c21-13-7-12(19(25)16(8-13)24(27)28)10-22-23-20(26)18-9-15-14-4-2-1-3-11(14)5-6-17(15)29-18/h1-10,25H,(H,23,26)/b22-10+.